The molecule has 0 bridgehead atoms. The number of pyridine rings is 1. The smallest absolute Gasteiger partial charge is 0.171 e. The molecule has 0 saturated carbocycles. The second-order valence-corrected chi connectivity index (χ2v) is 4.35. The van der Waals surface area contributed by atoms with E-state index in [-0.39, 0.29) is 12.2 Å². The number of rotatable bonds is 4. The zero-order valence-electron chi connectivity index (χ0n) is 11.0. The number of ether oxygens (including phenoxy) is 1. The zero-order valence-corrected chi connectivity index (χ0v) is 11.0. The van der Waals surface area contributed by atoms with Crippen LogP contribution in [0, 0.1) is 6.92 Å². The molecule has 2 N–H and O–H groups in total. The molecule has 19 heavy (non-hydrogen) atoms. The van der Waals surface area contributed by atoms with Crippen molar-refractivity contribution < 1.29 is 9.53 Å². The predicted molar refractivity (Wildman–Crippen MR) is 74.4 cm³/mol. The maximum Gasteiger partial charge on any atom is 0.171 e. The largest absolute Gasteiger partial charge is 0.496 e. The number of anilines is 1. The number of methoxy groups -OCH3 is 1. The number of hydrogen-bond donors (Lipinski definition) is 1. The summed E-state index contributed by atoms with van der Waals surface area (Å²) >= 11 is 0. The molecule has 1 aromatic heterocycles. The van der Waals surface area contributed by atoms with Gasteiger partial charge in [-0.05, 0) is 30.7 Å². The predicted octanol–water partition coefficient (Wildman–Crippen LogP) is 2.41. The fourth-order valence-electron chi connectivity index (χ4n) is 1.90. The topological polar surface area (TPSA) is 65.2 Å². The van der Waals surface area contributed by atoms with Crippen LogP contribution in [0.3, 0.4) is 0 Å². The first-order valence-electron chi connectivity index (χ1n) is 5.99. The molecular weight excluding hydrogens is 240 g/mol. The molecule has 4 heteroatoms. The lowest BCUT2D eigenvalue weighted by Gasteiger charge is -2.09. The first-order chi connectivity index (χ1) is 9.11. The number of carbonyl (C=O) groups is 1. The molecule has 0 unspecified atom stereocenters. The fourth-order valence-corrected chi connectivity index (χ4v) is 1.90. The Hall–Kier alpha value is -2.36. The number of nitrogens with two attached hydrogens (primary N) is 1. The third-order valence-electron chi connectivity index (χ3n) is 2.93. The molecule has 0 atom stereocenters. The number of aryl methyl sites for hydroxylation is 1. The van der Waals surface area contributed by atoms with Crippen molar-refractivity contribution in [3.8, 4) is 5.75 Å². The number of nitrogens with zero attached hydrogens (tertiary/aromatic N) is 1. The van der Waals surface area contributed by atoms with Gasteiger partial charge in [-0.1, -0.05) is 12.1 Å². The van der Waals surface area contributed by atoms with Crippen molar-refractivity contribution in [2.24, 2.45) is 0 Å². The van der Waals surface area contributed by atoms with Crippen LogP contribution in [-0.2, 0) is 6.42 Å². The summed E-state index contributed by atoms with van der Waals surface area (Å²) < 4.78 is 5.25. The Morgan fingerprint density at radius 3 is 2.84 bits per heavy atom. The lowest BCUT2D eigenvalue weighted by Crippen LogP contribution is -2.08. The van der Waals surface area contributed by atoms with E-state index in [1.54, 1.807) is 31.5 Å². The minimum Gasteiger partial charge on any atom is -0.496 e. The van der Waals surface area contributed by atoms with Crippen molar-refractivity contribution in [2.45, 2.75) is 13.3 Å². The molecule has 2 aromatic rings. The SMILES string of the molecule is COc1cc(C)ccc1C(=O)Cc1cccnc1N. The number of carbonyl (C=O) groups excluding carboxylic acids is 1. The molecule has 0 amide bonds. The number of aromatic nitrogens is 1. The van der Waals surface area contributed by atoms with Crippen LogP contribution in [0.2, 0.25) is 0 Å². The molecule has 2 rings (SSSR count). The van der Waals surface area contributed by atoms with Gasteiger partial charge in [0.2, 0.25) is 0 Å². The second kappa shape index (κ2) is 5.52. The normalized spacial score (nSPS) is 10.2. The molecule has 0 fully saturated rings. The summed E-state index contributed by atoms with van der Waals surface area (Å²) in [7, 11) is 1.56. The average Bonchev–Trinajstić information content (AvgIpc) is 2.41. The van der Waals surface area contributed by atoms with E-state index in [2.05, 4.69) is 4.98 Å². The Bertz CT molecular complexity index is 609. The van der Waals surface area contributed by atoms with Crippen LogP contribution in [0.1, 0.15) is 21.5 Å². The minimum atomic E-state index is -0.0310. The number of Topliss-reactive ketones (excluding diaryl/α,β-unsaturated/α-hetero) is 1. The molecule has 1 heterocycles. The number of ketones is 1. The van der Waals surface area contributed by atoms with Crippen molar-refractivity contribution in [1.29, 1.82) is 0 Å². The van der Waals surface area contributed by atoms with E-state index >= 15 is 0 Å². The number of hydrogen-bond acceptors (Lipinski definition) is 4. The van der Waals surface area contributed by atoms with Gasteiger partial charge in [0.25, 0.3) is 0 Å². The molecule has 0 radical (unpaired) electrons. The van der Waals surface area contributed by atoms with E-state index in [1.165, 1.54) is 0 Å². The summed E-state index contributed by atoms with van der Waals surface area (Å²) in [5.74, 6) is 0.950. The van der Waals surface area contributed by atoms with Crippen molar-refractivity contribution in [1.82, 2.24) is 4.98 Å². The van der Waals surface area contributed by atoms with Gasteiger partial charge in [-0.3, -0.25) is 4.79 Å². The Kier molecular flexibility index (Phi) is 3.80. The van der Waals surface area contributed by atoms with Crippen LogP contribution in [-0.4, -0.2) is 17.9 Å². The quantitative estimate of drug-likeness (QED) is 0.853. The van der Waals surface area contributed by atoms with Gasteiger partial charge < -0.3 is 10.5 Å². The van der Waals surface area contributed by atoms with Crippen LogP contribution in [0.15, 0.2) is 36.5 Å². The maximum absolute atomic E-state index is 12.3. The summed E-state index contributed by atoms with van der Waals surface area (Å²) in [6.45, 7) is 1.95. The number of nitrogen functional groups attached to an aromatic ring is 1. The Labute approximate surface area is 112 Å². The van der Waals surface area contributed by atoms with Gasteiger partial charge in [0.05, 0.1) is 12.7 Å². The van der Waals surface area contributed by atoms with Crippen LogP contribution in [0.4, 0.5) is 5.82 Å². The van der Waals surface area contributed by atoms with E-state index < -0.39 is 0 Å². The fraction of sp³-hybridized carbons (Fsp3) is 0.200. The summed E-state index contributed by atoms with van der Waals surface area (Å²) in [5, 5.41) is 0. The first-order valence-corrected chi connectivity index (χ1v) is 5.99. The Morgan fingerprint density at radius 1 is 1.37 bits per heavy atom. The summed E-state index contributed by atoms with van der Waals surface area (Å²) in [6.07, 6.45) is 1.83. The molecule has 0 spiro atoms. The Balaban J connectivity index is 2.28. The van der Waals surface area contributed by atoms with Gasteiger partial charge in [-0.25, -0.2) is 4.98 Å². The standard InChI is InChI=1S/C15H16N2O2/c1-10-5-6-12(14(8-10)19-2)13(18)9-11-4-3-7-17-15(11)16/h3-8H,9H2,1-2H3,(H2,16,17). The van der Waals surface area contributed by atoms with Crippen LogP contribution < -0.4 is 10.5 Å². The molecular formula is C15H16N2O2. The highest BCUT2D eigenvalue weighted by molar-refractivity contribution is 6.00. The molecule has 0 aliphatic carbocycles. The molecule has 0 aliphatic rings. The zero-order chi connectivity index (χ0) is 13.8. The summed E-state index contributed by atoms with van der Waals surface area (Å²) in [5.41, 5.74) is 8.09. The van der Waals surface area contributed by atoms with Gasteiger partial charge in [0, 0.05) is 18.2 Å². The molecule has 98 valence electrons. The molecule has 1 aromatic carbocycles. The van der Waals surface area contributed by atoms with Crippen molar-refractivity contribution >= 4 is 11.6 Å². The number of benzene rings is 1. The van der Waals surface area contributed by atoms with Crippen molar-refractivity contribution in [3.05, 3.63) is 53.2 Å². The maximum atomic E-state index is 12.3. The van der Waals surface area contributed by atoms with Crippen LogP contribution >= 0.6 is 0 Å². The van der Waals surface area contributed by atoms with Gasteiger partial charge >= 0.3 is 0 Å². The highest BCUT2D eigenvalue weighted by Gasteiger charge is 2.14. The lowest BCUT2D eigenvalue weighted by molar-refractivity contribution is 0.0990. The van der Waals surface area contributed by atoms with Crippen LogP contribution in [0.25, 0.3) is 0 Å². The minimum absolute atomic E-state index is 0.0310. The second-order valence-electron chi connectivity index (χ2n) is 4.35. The van der Waals surface area contributed by atoms with Crippen LogP contribution in [0.5, 0.6) is 5.75 Å². The highest BCUT2D eigenvalue weighted by Crippen LogP contribution is 2.22. The highest BCUT2D eigenvalue weighted by atomic mass is 16.5. The van der Waals surface area contributed by atoms with Gasteiger partial charge in [0.15, 0.2) is 5.78 Å². The monoisotopic (exact) mass is 256 g/mol. The third kappa shape index (κ3) is 2.91. The Morgan fingerprint density at radius 2 is 2.16 bits per heavy atom. The van der Waals surface area contributed by atoms with E-state index in [1.807, 2.05) is 19.1 Å². The van der Waals surface area contributed by atoms with Gasteiger partial charge in [-0.2, -0.15) is 0 Å². The van der Waals surface area contributed by atoms with Crippen molar-refractivity contribution in [3.63, 3.8) is 0 Å². The average molecular weight is 256 g/mol. The molecule has 4 nitrogen and oxygen atoms in total. The van der Waals surface area contributed by atoms with E-state index in [0.29, 0.717) is 17.1 Å². The van der Waals surface area contributed by atoms with E-state index in [0.717, 1.165) is 11.1 Å². The summed E-state index contributed by atoms with van der Waals surface area (Å²) in [4.78, 5) is 16.3. The summed E-state index contributed by atoms with van der Waals surface area (Å²) in [6, 6.07) is 9.09. The van der Waals surface area contributed by atoms with E-state index in [9.17, 15) is 4.79 Å². The molecule has 0 saturated heterocycles. The first kappa shape index (κ1) is 13.1. The lowest BCUT2D eigenvalue weighted by atomic mass is 10.0. The van der Waals surface area contributed by atoms with E-state index in [4.69, 9.17) is 10.5 Å². The van der Waals surface area contributed by atoms with Crippen molar-refractivity contribution in [2.75, 3.05) is 12.8 Å². The van der Waals surface area contributed by atoms with Gasteiger partial charge in [-0.15, -0.1) is 0 Å². The third-order valence-corrected chi connectivity index (χ3v) is 2.93. The molecule has 0 aliphatic heterocycles. The van der Waals surface area contributed by atoms with Gasteiger partial charge in [0.1, 0.15) is 11.6 Å².